The highest BCUT2D eigenvalue weighted by Crippen LogP contribution is 2.49. The summed E-state index contributed by atoms with van der Waals surface area (Å²) in [5, 5.41) is 1.03. The maximum Gasteiger partial charge on any atom is 0.219 e. The van der Waals surface area contributed by atoms with E-state index in [2.05, 4.69) is 108 Å². The lowest BCUT2D eigenvalue weighted by Gasteiger charge is -2.26. The molecule has 1 aliphatic carbocycles. The number of benzene rings is 4. The van der Waals surface area contributed by atoms with Crippen molar-refractivity contribution < 1.29 is 9.53 Å². The number of hydrogen-bond donors (Lipinski definition) is 0. The van der Waals surface area contributed by atoms with Crippen molar-refractivity contribution in [2.75, 3.05) is 7.11 Å². The first-order chi connectivity index (χ1) is 22.0. The molecule has 2 heterocycles. The van der Waals surface area contributed by atoms with Crippen LogP contribution in [0.2, 0.25) is 0 Å². The van der Waals surface area contributed by atoms with Crippen LogP contribution >= 0.6 is 0 Å². The molecule has 7 rings (SSSR count). The van der Waals surface area contributed by atoms with Gasteiger partial charge in [-0.05, 0) is 68.3 Å². The number of hydrogen-bond acceptors (Lipinski definition) is 2. The number of methoxy groups -OCH3 is 1. The van der Waals surface area contributed by atoms with Crippen molar-refractivity contribution in [2.45, 2.75) is 27.7 Å². The molecular formula is C41H35N2O2+. The molecule has 220 valence electrons. The highest BCUT2D eigenvalue weighted by atomic mass is 16.5. The molecule has 2 aliphatic rings. The molecule has 0 fully saturated rings. The Kier molecular flexibility index (Phi) is 7.06. The summed E-state index contributed by atoms with van der Waals surface area (Å²) in [4.78, 5) is 14.4. The predicted octanol–water partition coefficient (Wildman–Crippen LogP) is 9.71. The number of para-hydroxylation sites is 2. The van der Waals surface area contributed by atoms with Crippen LogP contribution in [0.3, 0.4) is 0 Å². The summed E-state index contributed by atoms with van der Waals surface area (Å²) in [6.07, 6.45) is 8.26. The van der Waals surface area contributed by atoms with Crippen molar-refractivity contribution in [3.05, 3.63) is 148 Å². The van der Waals surface area contributed by atoms with E-state index in [1.54, 1.807) is 7.11 Å². The monoisotopic (exact) mass is 587 g/mol. The lowest BCUT2D eigenvalue weighted by atomic mass is 9.78. The largest absolute Gasteiger partial charge is 0.495 e. The normalized spacial score (nSPS) is 16.4. The average molecular weight is 588 g/mol. The maximum atomic E-state index is 14.4. The second kappa shape index (κ2) is 11.2. The number of rotatable bonds is 6. The summed E-state index contributed by atoms with van der Waals surface area (Å²) >= 11 is 0. The molecule has 0 saturated heterocycles. The lowest BCUT2D eigenvalue weighted by Crippen LogP contribution is -2.26. The van der Waals surface area contributed by atoms with Crippen molar-refractivity contribution in [1.82, 2.24) is 9.14 Å². The molecule has 4 heteroatoms. The first-order valence-electron chi connectivity index (χ1n) is 15.4. The van der Waals surface area contributed by atoms with Crippen molar-refractivity contribution >= 4 is 57.1 Å². The first kappa shape index (κ1) is 28.3. The summed E-state index contributed by atoms with van der Waals surface area (Å²) in [7, 11) is 1.67. The molecular weight excluding hydrogens is 552 g/mol. The topological polar surface area (TPSA) is 34.2 Å². The van der Waals surface area contributed by atoms with E-state index in [9.17, 15) is 4.79 Å². The third kappa shape index (κ3) is 4.36. The number of ketones is 1. The second-order valence-corrected chi connectivity index (χ2v) is 11.4. The summed E-state index contributed by atoms with van der Waals surface area (Å²) in [5.74, 6) is 0.652. The number of nitrogens with zero attached hydrogens (tertiary/aromatic N) is 2. The number of carbonyl (C=O) groups is 1. The van der Waals surface area contributed by atoms with Crippen molar-refractivity contribution in [3.8, 4) is 5.69 Å². The Balaban J connectivity index is 1.43. The van der Waals surface area contributed by atoms with Crippen LogP contribution in [0.4, 0.5) is 11.4 Å². The van der Waals surface area contributed by atoms with Gasteiger partial charge in [0.1, 0.15) is 5.76 Å². The lowest BCUT2D eigenvalue weighted by molar-refractivity contribution is -0.111. The zero-order valence-electron chi connectivity index (χ0n) is 26.3. The molecule has 0 radical (unpaired) electrons. The second-order valence-electron chi connectivity index (χ2n) is 11.4. The van der Waals surface area contributed by atoms with Gasteiger partial charge in [-0.25, -0.2) is 0 Å². The Hall–Kier alpha value is -5.48. The molecule has 0 atom stereocenters. The van der Waals surface area contributed by atoms with Crippen LogP contribution in [0, 0.1) is 6.92 Å². The van der Waals surface area contributed by atoms with Gasteiger partial charge in [-0.15, -0.1) is 0 Å². The molecule has 1 aliphatic heterocycles. The summed E-state index contributed by atoms with van der Waals surface area (Å²) in [5.41, 5.74) is 12.7. The Morgan fingerprint density at radius 1 is 0.711 bits per heavy atom. The van der Waals surface area contributed by atoms with E-state index in [0.717, 1.165) is 67.2 Å². The van der Waals surface area contributed by atoms with Gasteiger partial charge < -0.3 is 9.30 Å². The van der Waals surface area contributed by atoms with E-state index in [1.807, 2.05) is 50.3 Å². The fourth-order valence-corrected chi connectivity index (χ4v) is 6.94. The first-order valence-corrected chi connectivity index (χ1v) is 15.4. The zero-order valence-corrected chi connectivity index (χ0v) is 26.3. The molecule has 45 heavy (non-hydrogen) atoms. The fraction of sp³-hybridized carbons (Fsp3) is 0.122. The van der Waals surface area contributed by atoms with Crippen molar-refractivity contribution in [2.24, 2.45) is 0 Å². The van der Waals surface area contributed by atoms with Gasteiger partial charge in [0.05, 0.1) is 34.9 Å². The minimum Gasteiger partial charge on any atom is -0.495 e. The van der Waals surface area contributed by atoms with Crippen LogP contribution < -0.4 is 4.58 Å². The van der Waals surface area contributed by atoms with Gasteiger partial charge in [-0.2, -0.15) is 4.58 Å². The van der Waals surface area contributed by atoms with E-state index in [4.69, 9.17) is 4.74 Å². The smallest absolute Gasteiger partial charge is 0.219 e. The van der Waals surface area contributed by atoms with Crippen molar-refractivity contribution in [1.29, 1.82) is 0 Å². The van der Waals surface area contributed by atoms with E-state index in [1.165, 1.54) is 0 Å². The van der Waals surface area contributed by atoms with Gasteiger partial charge in [0, 0.05) is 47.5 Å². The Morgan fingerprint density at radius 3 is 2.00 bits per heavy atom. The van der Waals surface area contributed by atoms with Crippen LogP contribution in [0.15, 0.2) is 121 Å². The minimum atomic E-state index is 0.00992. The van der Waals surface area contributed by atoms with Crippen LogP contribution in [0.5, 0.6) is 0 Å². The maximum absolute atomic E-state index is 14.4. The molecule has 0 N–H and O–H groups in total. The number of Topliss-reactive ketones (excluding diaryl/α,β-unsaturated/α-hetero) is 1. The minimum absolute atomic E-state index is 0.00992. The summed E-state index contributed by atoms with van der Waals surface area (Å²) in [6.45, 7) is 8.23. The molecule has 0 spiro atoms. The van der Waals surface area contributed by atoms with Gasteiger partial charge in [-0.1, -0.05) is 66.8 Å². The Bertz CT molecular complexity index is 2170. The molecule has 0 saturated carbocycles. The van der Waals surface area contributed by atoms with E-state index >= 15 is 0 Å². The zero-order chi connectivity index (χ0) is 31.2. The van der Waals surface area contributed by atoms with Crippen molar-refractivity contribution in [3.63, 3.8) is 0 Å². The SMILES string of the molecule is C/C=C/c1ccc(-n2c(C)c(C3=C(OC)/C(=C4/C(C)=[N+](c5ccc(/C=C/C)cc5)c5ccccc54)C3=O)c3ccccc32)cc1. The summed E-state index contributed by atoms with van der Waals surface area (Å²) in [6, 6.07) is 33.6. The van der Waals surface area contributed by atoms with Gasteiger partial charge in [0.15, 0.2) is 5.71 Å². The van der Waals surface area contributed by atoms with E-state index < -0.39 is 0 Å². The molecule has 1 aromatic heterocycles. The van der Waals surface area contributed by atoms with Gasteiger partial charge in [0.25, 0.3) is 0 Å². The average Bonchev–Trinajstić information content (AvgIpc) is 3.51. The number of fused-ring (bicyclic) bond motifs is 2. The van der Waals surface area contributed by atoms with Crippen LogP contribution in [0.1, 0.15) is 48.7 Å². The number of carbonyl (C=O) groups excluding carboxylic acids is 1. The molecule has 0 amide bonds. The standard InChI is InChI=1S/C41H35N2O2/c1-6-12-28-18-22-30(23-19-28)42-26(3)36(32-14-8-10-16-34(32)42)38-40(44)39(41(38)45-5)37-27(4)43(35-17-11-9-15-33(35)37)31-24-20-29(13-7-2)21-25-31/h6-25H,1-5H3/q+1/b12-6+,13-7+. The predicted molar refractivity (Wildman–Crippen MR) is 188 cm³/mol. The van der Waals surface area contributed by atoms with Gasteiger partial charge >= 0.3 is 0 Å². The Labute approximate surface area is 264 Å². The fourth-order valence-electron chi connectivity index (χ4n) is 6.94. The van der Waals surface area contributed by atoms with E-state index in [0.29, 0.717) is 16.9 Å². The molecule has 5 aromatic rings. The van der Waals surface area contributed by atoms with Crippen LogP contribution in [-0.2, 0) is 9.53 Å². The summed E-state index contributed by atoms with van der Waals surface area (Å²) < 4.78 is 10.6. The van der Waals surface area contributed by atoms with Crippen LogP contribution in [-0.4, -0.2) is 23.2 Å². The number of aromatic nitrogens is 1. The third-order valence-corrected chi connectivity index (χ3v) is 8.86. The molecule has 0 bridgehead atoms. The highest BCUT2D eigenvalue weighted by molar-refractivity contribution is 6.48. The van der Waals surface area contributed by atoms with Crippen LogP contribution in [0.25, 0.3) is 39.9 Å². The third-order valence-electron chi connectivity index (χ3n) is 8.86. The van der Waals surface area contributed by atoms with E-state index in [-0.39, 0.29) is 5.78 Å². The van der Waals surface area contributed by atoms with Gasteiger partial charge in [-0.3, -0.25) is 4.79 Å². The highest BCUT2D eigenvalue weighted by Gasteiger charge is 2.46. The number of ether oxygens (including phenoxy) is 1. The van der Waals surface area contributed by atoms with Gasteiger partial charge in [0.2, 0.25) is 17.2 Å². The molecule has 0 unspecified atom stereocenters. The number of allylic oxidation sites excluding steroid dienone is 5. The molecule has 4 aromatic carbocycles. The quantitative estimate of drug-likeness (QED) is 0.146. The molecule has 4 nitrogen and oxygen atoms in total. The Morgan fingerprint density at radius 2 is 1.33 bits per heavy atom.